The molecule has 0 fully saturated rings. The van der Waals surface area contributed by atoms with Crippen LogP contribution in [0, 0.1) is 6.92 Å². The van der Waals surface area contributed by atoms with Crippen LogP contribution >= 0.6 is 0 Å². The minimum absolute atomic E-state index is 0.0236. The molecule has 0 aliphatic heterocycles. The molecule has 3 rings (SSSR count). The maximum atomic E-state index is 12.4. The summed E-state index contributed by atoms with van der Waals surface area (Å²) in [6, 6.07) is 7.65. The number of hydrogen-bond donors (Lipinski definition) is 1. The number of nitrogens with one attached hydrogen (secondary N) is 1. The van der Waals surface area contributed by atoms with Gasteiger partial charge in [-0.2, -0.15) is 0 Å². The molecule has 2 aromatic heterocycles. The predicted octanol–water partition coefficient (Wildman–Crippen LogP) is 1.76. The van der Waals surface area contributed by atoms with Crippen molar-refractivity contribution in [2.24, 2.45) is 0 Å². The first-order valence-electron chi connectivity index (χ1n) is 7.04. The molecule has 1 aromatic carbocycles. The normalized spacial score (nSPS) is 10.9. The number of fused-ring (bicyclic) bond motifs is 1. The molecule has 2 heterocycles. The van der Waals surface area contributed by atoms with E-state index >= 15 is 0 Å². The molecule has 0 atom stereocenters. The highest BCUT2D eigenvalue weighted by molar-refractivity contribution is 5.89. The Morgan fingerprint density at radius 2 is 1.96 bits per heavy atom. The third-order valence-electron chi connectivity index (χ3n) is 3.42. The van der Waals surface area contributed by atoms with E-state index in [-0.39, 0.29) is 5.58 Å². The Bertz CT molecular complexity index is 992. The third kappa shape index (κ3) is 2.57. The Kier molecular flexibility index (Phi) is 3.61. The molecule has 7 nitrogen and oxygen atoms in total. The highest BCUT2D eigenvalue weighted by Crippen LogP contribution is 2.14. The van der Waals surface area contributed by atoms with Gasteiger partial charge in [-0.15, -0.1) is 0 Å². The van der Waals surface area contributed by atoms with Gasteiger partial charge in [0.05, 0.1) is 17.9 Å². The Morgan fingerprint density at radius 1 is 1.26 bits per heavy atom. The minimum Gasteiger partial charge on any atom is -0.462 e. The molecule has 0 saturated heterocycles. The Morgan fingerprint density at radius 3 is 2.61 bits per heavy atom. The predicted molar refractivity (Wildman–Crippen MR) is 83.1 cm³/mol. The van der Waals surface area contributed by atoms with Gasteiger partial charge < -0.3 is 9.15 Å². The molecule has 0 saturated carbocycles. The second-order valence-corrected chi connectivity index (χ2v) is 4.97. The number of aromatic nitrogens is 2. The van der Waals surface area contributed by atoms with Gasteiger partial charge in [0.2, 0.25) is 5.58 Å². The zero-order valence-electron chi connectivity index (χ0n) is 12.6. The first-order chi connectivity index (χ1) is 11.0. The lowest BCUT2D eigenvalue weighted by Crippen LogP contribution is -2.15. The molecule has 0 amide bonds. The number of carbonyl (C=O) groups excluding carboxylic acids is 1. The van der Waals surface area contributed by atoms with Crippen LogP contribution in [0.2, 0.25) is 0 Å². The first-order valence-corrected chi connectivity index (χ1v) is 7.04. The van der Waals surface area contributed by atoms with Gasteiger partial charge in [-0.25, -0.2) is 14.3 Å². The van der Waals surface area contributed by atoms with Crippen LogP contribution in [-0.2, 0) is 4.74 Å². The molecule has 23 heavy (non-hydrogen) atoms. The van der Waals surface area contributed by atoms with Gasteiger partial charge in [-0.1, -0.05) is 0 Å². The van der Waals surface area contributed by atoms with E-state index in [9.17, 15) is 14.4 Å². The quantitative estimate of drug-likeness (QED) is 0.743. The topological polar surface area (TPSA) is 94.3 Å². The Labute approximate surface area is 130 Å². The van der Waals surface area contributed by atoms with Gasteiger partial charge >= 0.3 is 17.2 Å². The average molecular weight is 314 g/mol. The summed E-state index contributed by atoms with van der Waals surface area (Å²) in [7, 11) is 0. The van der Waals surface area contributed by atoms with Crippen molar-refractivity contribution in [1.29, 1.82) is 0 Å². The number of rotatable bonds is 3. The lowest BCUT2D eigenvalue weighted by Gasteiger charge is -2.04. The van der Waals surface area contributed by atoms with Crippen LogP contribution in [-0.4, -0.2) is 22.4 Å². The third-order valence-corrected chi connectivity index (χ3v) is 3.42. The van der Waals surface area contributed by atoms with Crippen LogP contribution in [0.1, 0.15) is 22.8 Å². The van der Waals surface area contributed by atoms with Gasteiger partial charge in [0.25, 0.3) is 0 Å². The number of hydrogen-bond acceptors (Lipinski definition) is 5. The lowest BCUT2D eigenvalue weighted by atomic mass is 10.2. The van der Waals surface area contributed by atoms with Crippen molar-refractivity contribution in [3.8, 4) is 5.69 Å². The van der Waals surface area contributed by atoms with E-state index in [1.807, 2.05) is 0 Å². The smallest absolute Gasteiger partial charge is 0.338 e. The average Bonchev–Trinajstić information content (AvgIpc) is 2.85. The summed E-state index contributed by atoms with van der Waals surface area (Å²) in [5.74, 6) is -0.426. The number of aryl methyl sites for hydroxylation is 1. The highest BCUT2D eigenvalue weighted by atomic mass is 16.5. The number of esters is 1. The summed E-state index contributed by atoms with van der Waals surface area (Å²) in [4.78, 5) is 35.4. The zero-order valence-corrected chi connectivity index (χ0v) is 12.6. The number of aromatic amines is 1. The van der Waals surface area contributed by atoms with Crippen molar-refractivity contribution in [1.82, 2.24) is 9.78 Å². The van der Waals surface area contributed by atoms with Crippen LogP contribution in [0.15, 0.2) is 44.3 Å². The van der Waals surface area contributed by atoms with E-state index in [1.165, 1.54) is 10.7 Å². The molecular weight excluding hydrogens is 300 g/mol. The molecule has 0 unspecified atom stereocenters. The second kappa shape index (κ2) is 5.60. The lowest BCUT2D eigenvalue weighted by molar-refractivity contribution is 0.0526. The van der Waals surface area contributed by atoms with E-state index in [0.29, 0.717) is 28.9 Å². The minimum atomic E-state index is -0.573. The first kappa shape index (κ1) is 14.8. The summed E-state index contributed by atoms with van der Waals surface area (Å²) >= 11 is 0. The monoisotopic (exact) mass is 314 g/mol. The SMILES string of the molecule is CCOC(=O)c1ccc(-n2[nH]c3c(C)cc(=O)oc3c2=O)cc1. The van der Waals surface area contributed by atoms with Crippen LogP contribution in [0.25, 0.3) is 16.8 Å². The standard InChI is InChI=1S/C16H14N2O5/c1-3-22-16(21)10-4-6-11(7-5-10)18-15(20)14-13(17-18)9(2)8-12(19)23-14/h4-8,17H,3H2,1-2H3. The molecule has 0 spiro atoms. The molecule has 3 aromatic rings. The van der Waals surface area contributed by atoms with Crippen LogP contribution in [0.3, 0.4) is 0 Å². The summed E-state index contributed by atoms with van der Waals surface area (Å²) in [6.07, 6.45) is 0. The molecule has 0 bridgehead atoms. The molecule has 1 N–H and O–H groups in total. The van der Waals surface area contributed by atoms with Gasteiger partial charge in [0.1, 0.15) is 5.52 Å². The van der Waals surface area contributed by atoms with Crippen molar-refractivity contribution in [3.63, 3.8) is 0 Å². The second-order valence-electron chi connectivity index (χ2n) is 4.97. The van der Waals surface area contributed by atoms with Gasteiger partial charge in [-0.3, -0.25) is 9.89 Å². The van der Waals surface area contributed by atoms with Crippen molar-refractivity contribution >= 4 is 17.1 Å². The molecular formula is C16H14N2O5. The number of ether oxygens (including phenoxy) is 1. The number of H-pyrrole nitrogens is 1. The van der Waals surface area contributed by atoms with Crippen LogP contribution < -0.4 is 11.2 Å². The van der Waals surface area contributed by atoms with Crippen molar-refractivity contribution in [2.75, 3.05) is 6.61 Å². The van der Waals surface area contributed by atoms with Crippen molar-refractivity contribution in [3.05, 3.63) is 62.2 Å². The summed E-state index contributed by atoms with van der Waals surface area (Å²) in [5.41, 5.74) is 0.924. The van der Waals surface area contributed by atoms with Crippen LogP contribution in [0.4, 0.5) is 0 Å². The fraction of sp³-hybridized carbons (Fsp3) is 0.188. The maximum absolute atomic E-state index is 12.4. The van der Waals surface area contributed by atoms with Crippen LogP contribution in [0.5, 0.6) is 0 Å². The zero-order chi connectivity index (χ0) is 16.6. The van der Waals surface area contributed by atoms with E-state index in [2.05, 4.69) is 5.10 Å². The Balaban J connectivity index is 2.09. The summed E-state index contributed by atoms with van der Waals surface area (Å²) in [5, 5.41) is 2.90. The van der Waals surface area contributed by atoms with E-state index in [4.69, 9.17) is 9.15 Å². The number of carbonyl (C=O) groups is 1. The van der Waals surface area contributed by atoms with Gasteiger partial charge in [0, 0.05) is 6.07 Å². The maximum Gasteiger partial charge on any atom is 0.338 e. The summed E-state index contributed by atoms with van der Waals surface area (Å²) < 4.78 is 11.1. The van der Waals surface area contributed by atoms with Crippen molar-refractivity contribution < 1.29 is 13.9 Å². The molecule has 0 aliphatic carbocycles. The van der Waals surface area contributed by atoms with E-state index < -0.39 is 17.2 Å². The number of nitrogens with zero attached hydrogens (tertiary/aromatic N) is 1. The molecule has 118 valence electrons. The Hall–Kier alpha value is -3.09. The number of benzene rings is 1. The van der Waals surface area contributed by atoms with Gasteiger partial charge in [-0.05, 0) is 43.7 Å². The van der Waals surface area contributed by atoms with Gasteiger partial charge in [0.15, 0.2) is 0 Å². The molecule has 0 radical (unpaired) electrons. The van der Waals surface area contributed by atoms with E-state index in [1.54, 1.807) is 38.1 Å². The van der Waals surface area contributed by atoms with E-state index in [0.717, 1.165) is 0 Å². The largest absolute Gasteiger partial charge is 0.462 e. The molecule has 0 aliphatic rings. The van der Waals surface area contributed by atoms with Crippen molar-refractivity contribution in [2.45, 2.75) is 13.8 Å². The fourth-order valence-corrected chi connectivity index (χ4v) is 2.31. The fourth-order valence-electron chi connectivity index (χ4n) is 2.31. The summed E-state index contributed by atoms with van der Waals surface area (Å²) in [6.45, 7) is 3.73. The molecule has 7 heteroatoms. The highest BCUT2D eigenvalue weighted by Gasteiger charge is 2.14.